The number of halogens is 2. The second kappa shape index (κ2) is 7.53. The van der Waals surface area contributed by atoms with Gasteiger partial charge in [-0.05, 0) is 30.7 Å². The number of piperazine rings is 1. The van der Waals surface area contributed by atoms with Crippen molar-refractivity contribution >= 4 is 18.3 Å². The molecule has 23 heavy (non-hydrogen) atoms. The number of hydrogen-bond donors (Lipinski definition) is 1. The number of pyridine rings is 1. The molecule has 1 aromatic carbocycles. The van der Waals surface area contributed by atoms with Gasteiger partial charge in [0.05, 0.1) is 11.6 Å². The van der Waals surface area contributed by atoms with Gasteiger partial charge in [0.15, 0.2) is 0 Å². The highest BCUT2D eigenvalue weighted by atomic mass is 35.5. The minimum atomic E-state index is -0.473. The summed E-state index contributed by atoms with van der Waals surface area (Å²) >= 11 is 0. The average Bonchev–Trinajstić information content (AvgIpc) is 2.57. The third-order valence-electron chi connectivity index (χ3n) is 3.93. The van der Waals surface area contributed by atoms with Crippen LogP contribution in [0, 0.1) is 12.7 Å². The molecule has 1 aliphatic heterocycles. The highest BCUT2D eigenvalue weighted by Crippen LogP contribution is 2.24. The van der Waals surface area contributed by atoms with Crippen LogP contribution in [0.3, 0.4) is 0 Å². The third kappa shape index (κ3) is 3.68. The van der Waals surface area contributed by atoms with E-state index in [9.17, 15) is 9.18 Å². The van der Waals surface area contributed by atoms with Gasteiger partial charge in [-0.25, -0.2) is 4.39 Å². The molecule has 1 aromatic heterocycles. The number of hydrogen-bond acceptors (Lipinski definition) is 3. The van der Waals surface area contributed by atoms with Crippen molar-refractivity contribution in [1.82, 2.24) is 15.2 Å². The fourth-order valence-electron chi connectivity index (χ4n) is 2.78. The lowest BCUT2D eigenvalue weighted by atomic mass is 10.0. The summed E-state index contributed by atoms with van der Waals surface area (Å²) in [5.74, 6) is -0.740. The quantitative estimate of drug-likeness (QED) is 0.918. The van der Waals surface area contributed by atoms with Crippen LogP contribution >= 0.6 is 12.4 Å². The van der Waals surface area contributed by atoms with Gasteiger partial charge in [0.2, 0.25) is 0 Å². The van der Waals surface area contributed by atoms with E-state index in [1.807, 2.05) is 19.1 Å². The second-order valence-electron chi connectivity index (χ2n) is 5.49. The Kier molecular flexibility index (Phi) is 5.69. The van der Waals surface area contributed by atoms with Crippen LogP contribution in [0.25, 0.3) is 0 Å². The molecule has 2 heterocycles. The summed E-state index contributed by atoms with van der Waals surface area (Å²) in [6.07, 6.45) is 3.46. The van der Waals surface area contributed by atoms with Crippen molar-refractivity contribution in [3.8, 4) is 0 Å². The molecule has 4 nitrogen and oxygen atoms in total. The van der Waals surface area contributed by atoms with E-state index >= 15 is 0 Å². The number of carbonyl (C=O) groups is 1. The summed E-state index contributed by atoms with van der Waals surface area (Å²) in [5.41, 5.74) is 1.96. The van der Waals surface area contributed by atoms with E-state index in [0.29, 0.717) is 19.6 Å². The van der Waals surface area contributed by atoms with Crippen molar-refractivity contribution in [3.63, 3.8) is 0 Å². The van der Waals surface area contributed by atoms with Crippen LogP contribution in [-0.4, -0.2) is 35.4 Å². The van der Waals surface area contributed by atoms with Gasteiger partial charge in [-0.2, -0.15) is 0 Å². The first-order valence-corrected chi connectivity index (χ1v) is 7.34. The molecule has 122 valence electrons. The normalized spacial score (nSPS) is 17.5. The van der Waals surface area contributed by atoms with Gasteiger partial charge < -0.3 is 10.2 Å². The maximum absolute atomic E-state index is 14.0. The molecule has 0 saturated carbocycles. The number of nitrogens with zero attached hydrogens (tertiary/aromatic N) is 2. The molecular weight excluding hydrogens is 317 g/mol. The van der Waals surface area contributed by atoms with Gasteiger partial charge in [-0.15, -0.1) is 12.4 Å². The van der Waals surface area contributed by atoms with Gasteiger partial charge in [0.1, 0.15) is 5.82 Å². The van der Waals surface area contributed by atoms with Crippen LogP contribution in [0.4, 0.5) is 4.39 Å². The lowest BCUT2D eigenvalue weighted by molar-refractivity contribution is 0.0629. The Balaban J connectivity index is 0.00000192. The van der Waals surface area contributed by atoms with Gasteiger partial charge in [-0.1, -0.05) is 17.7 Å². The molecule has 0 bridgehead atoms. The fourth-order valence-corrected chi connectivity index (χ4v) is 2.78. The van der Waals surface area contributed by atoms with E-state index in [1.54, 1.807) is 29.4 Å². The largest absolute Gasteiger partial charge is 0.329 e. The van der Waals surface area contributed by atoms with Gasteiger partial charge in [0, 0.05) is 32.0 Å². The number of aryl methyl sites for hydroxylation is 1. The van der Waals surface area contributed by atoms with Crippen molar-refractivity contribution < 1.29 is 9.18 Å². The predicted octanol–water partition coefficient (Wildman–Crippen LogP) is 2.74. The van der Waals surface area contributed by atoms with Crippen LogP contribution in [0.1, 0.15) is 27.5 Å². The van der Waals surface area contributed by atoms with Gasteiger partial charge in [0.25, 0.3) is 5.91 Å². The van der Waals surface area contributed by atoms with Crippen molar-refractivity contribution in [1.29, 1.82) is 0 Å². The molecule has 0 aliphatic carbocycles. The van der Waals surface area contributed by atoms with E-state index < -0.39 is 5.82 Å². The zero-order valence-electron chi connectivity index (χ0n) is 12.8. The molecule has 1 atom stereocenters. The maximum Gasteiger partial charge on any atom is 0.257 e. The van der Waals surface area contributed by atoms with Crippen LogP contribution in [0.5, 0.6) is 0 Å². The van der Waals surface area contributed by atoms with E-state index in [4.69, 9.17) is 0 Å². The van der Waals surface area contributed by atoms with E-state index in [2.05, 4.69) is 10.3 Å². The van der Waals surface area contributed by atoms with Gasteiger partial charge >= 0.3 is 0 Å². The highest BCUT2D eigenvalue weighted by Gasteiger charge is 2.30. The molecule has 1 unspecified atom stereocenters. The Morgan fingerprint density at radius 2 is 2.22 bits per heavy atom. The zero-order valence-corrected chi connectivity index (χ0v) is 13.6. The predicted molar refractivity (Wildman–Crippen MR) is 89.3 cm³/mol. The second-order valence-corrected chi connectivity index (χ2v) is 5.49. The van der Waals surface area contributed by atoms with Crippen LogP contribution in [0.15, 0.2) is 42.7 Å². The number of amides is 1. The fraction of sp³-hybridized carbons (Fsp3) is 0.294. The van der Waals surface area contributed by atoms with Crippen molar-refractivity contribution in [3.05, 3.63) is 65.2 Å². The molecule has 0 radical (unpaired) electrons. The molecule has 2 aromatic rings. The highest BCUT2D eigenvalue weighted by molar-refractivity contribution is 5.95. The Bertz CT molecular complexity index is 681. The summed E-state index contributed by atoms with van der Waals surface area (Å²) < 4.78 is 14.0. The first kappa shape index (κ1) is 17.4. The summed E-state index contributed by atoms with van der Waals surface area (Å²) in [7, 11) is 0. The Hall–Kier alpha value is -1.98. The third-order valence-corrected chi connectivity index (χ3v) is 3.93. The number of nitrogens with one attached hydrogen (secondary N) is 1. The summed E-state index contributed by atoms with van der Waals surface area (Å²) in [6.45, 7) is 3.75. The Morgan fingerprint density at radius 1 is 1.39 bits per heavy atom. The topological polar surface area (TPSA) is 45.2 Å². The molecule has 0 spiro atoms. The summed E-state index contributed by atoms with van der Waals surface area (Å²) in [6, 6.07) is 8.29. The Labute approximate surface area is 141 Å². The minimum absolute atomic E-state index is 0. The average molecular weight is 336 g/mol. The first-order chi connectivity index (χ1) is 10.7. The lowest BCUT2D eigenvalue weighted by Gasteiger charge is -2.36. The number of rotatable bonds is 2. The Morgan fingerprint density at radius 3 is 2.96 bits per heavy atom. The van der Waals surface area contributed by atoms with E-state index in [1.165, 1.54) is 6.07 Å². The van der Waals surface area contributed by atoms with Crippen LogP contribution < -0.4 is 5.32 Å². The smallest absolute Gasteiger partial charge is 0.257 e. The molecule has 3 rings (SSSR count). The number of carbonyl (C=O) groups excluding carboxylic acids is 1. The molecule has 1 fully saturated rings. The summed E-state index contributed by atoms with van der Waals surface area (Å²) in [5, 5.41) is 3.28. The number of aromatic nitrogens is 1. The molecule has 6 heteroatoms. The molecular formula is C17H19ClFN3O. The molecule has 1 amide bonds. The van der Waals surface area contributed by atoms with Crippen LogP contribution in [-0.2, 0) is 0 Å². The molecule has 1 aliphatic rings. The minimum Gasteiger partial charge on any atom is -0.329 e. The molecule has 1 saturated heterocycles. The van der Waals surface area contributed by atoms with Crippen molar-refractivity contribution in [2.45, 2.75) is 13.0 Å². The number of benzene rings is 1. The van der Waals surface area contributed by atoms with Crippen molar-refractivity contribution in [2.24, 2.45) is 0 Å². The molecule has 1 N–H and O–H groups in total. The summed E-state index contributed by atoms with van der Waals surface area (Å²) in [4.78, 5) is 18.6. The van der Waals surface area contributed by atoms with E-state index in [0.717, 1.165) is 11.1 Å². The van der Waals surface area contributed by atoms with Crippen LogP contribution in [0.2, 0.25) is 0 Å². The van der Waals surface area contributed by atoms with E-state index in [-0.39, 0.29) is 29.9 Å². The maximum atomic E-state index is 14.0. The standard InChI is InChI=1S/C17H18FN3O.ClH/c1-12-4-5-15(18)14(9-12)17(22)21-8-7-20-11-16(21)13-3-2-6-19-10-13;/h2-6,9-10,16,20H,7-8,11H2,1H3;1H. The monoisotopic (exact) mass is 335 g/mol. The zero-order chi connectivity index (χ0) is 15.5. The first-order valence-electron chi connectivity index (χ1n) is 7.34. The van der Waals surface area contributed by atoms with Crippen molar-refractivity contribution in [2.75, 3.05) is 19.6 Å². The lowest BCUT2D eigenvalue weighted by Crippen LogP contribution is -2.48. The van der Waals surface area contributed by atoms with Gasteiger partial charge in [-0.3, -0.25) is 9.78 Å². The SMILES string of the molecule is Cc1ccc(F)c(C(=O)N2CCNCC2c2cccnc2)c1.Cl.